The molecule has 0 aromatic carbocycles. The van der Waals surface area contributed by atoms with E-state index in [1.807, 2.05) is 6.92 Å². The molecular formula is C4H11Cl3N2OSi. The van der Waals surface area contributed by atoms with Crippen molar-refractivity contribution in [3.63, 3.8) is 0 Å². The molecule has 0 saturated carbocycles. The number of urea groups is 1. The van der Waals surface area contributed by atoms with Gasteiger partial charge in [0.15, 0.2) is 0 Å². The molecule has 0 rings (SSSR count). The standard InChI is InChI=1S/C3H7Cl3Si.CH4N2O/c1-2-3-7(4,5)6;2-1(3)4/h2-3H2,1H3;(H4,2,3,4). The number of carbonyl (C=O) groups excluding carboxylic acids is 1. The Bertz CT molecular complexity index is 112. The zero-order valence-corrected chi connectivity index (χ0v) is 9.38. The average Bonchev–Trinajstić information content (AvgIpc) is 1.58. The summed E-state index contributed by atoms with van der Waals surface area (Å²) in [5.41, 5.74) is 8.50. The highest BCUT2D eigenvalue weighted by atomic mass is 35.8. The quantitative estimate of drug-likeness (QED) is 0.560. The number of nitrogens with two attached hydrogens (primary N) is 2. The molecule has 11 heavy (non-hydrogen) atoms. The number of halogens is 3. The Balaban J connectivity index is 0. The molecular weight excluding hydrogens is 227 g/mol. The molecule has 0 saturated heterocycles. The van der Waals surface area contributed by atoms with Crippen molar-refractivity contribution in [1.82, 2.24) is 0 Å². The molecule has 0 spiro atoms. The van der Waals surface area contributed by atoms with Crippen LogP contribution in [-0.2, 0) is 0 Å². The lowest BCUT2D eigenvalue weighted by atomic mass is 10.6. The molecule has 0 aromatic rings. The topological polar surface area (TPSA) is 69.1 Å². The Labute approximate surface area is 81.1 Å². The van der Waals surface area contributed by atoms with Crippen LogP contribution in [0.2, 0.25) is 6.04 Å². The van der Waals surface area contributed by atoms with Crippen LogP contribution in [-0.4, -0.2) is 12.0 Å². The number of carbonyl (C=O) groups is 1. The van der Waals surface area contributed by atoms with Gasteiger partial charge in [0.05, 0.1) is 0 Å². The van der Waals surface area contributed by atoms with E-state index in [4.69, 9.17) is 38.0 Å². The van der Waals surface area contributed by atoms with Gasteiger partial charge in [0.1, 0.15) is 0 Å². The minimum Gasteiger partial charge on any atom is -0.352 e. The van der Waals surface area contributed by atoms with Crippen molar-refractivity contribution >= 4 is 45.3 Å². The molecule has 0 radical (unpaired) electrons. The summed E-state index contributed by atoms with van der Waals surface area (Å²) in [4.78, 5) is 9.00. The molecule has 0 aliphatic carbocycles. The Morgan fingerprint density at radius 2 is 1.64 bits per heavy atom. The van der Waals surface area contributed by atoms with Gasteiger partial charge in [-0.05, 0) is 6.04 Å². The van der Waals surface area contributed by atoms with Crippen LogP contribution in [0.25, 0.3) is 0 Å². The second-order valence-electron chi connectivity index (χ2n) is 1.77. The van der Waals surface area contributed by atoms with E-state index in [1.54, 1.807) is 0 Å². The predicted molar refractivity (Wildman–Crippen MR) is 52.2 cm³/mol. The Morgan fingerprint density at radius 1 is 1.36 bits per heavy atom. The molecule has 0 fully saturated rings. The molecule has 0 aliphatic heterocycles. The SMILES string of the molecule is CCC[Si](Cl)(Cl)Cl.NC(N)=O. The summed E-state index contributed by atoms with van der Waals surface area (Å²) < 4.78 is 0. The van der Waals surface area contributed by atoms with E-state index in [2.05, 4.69) is 11.5 Å². The van der Waals surface area contributed by atoms with Crippen LogP contribution in [0.4, 0.5) is 4.79 Å². The van der Waals surface area contributed by atoms with Crippen molar-refractivity contribution in [3.8, 4) is 0 Å². The predicted octanol–water partition coefficient (Wildman–Crippen LogP) is 2.08. The Hall–Kier alpha value is 0.357. The van der Waals surface area contributed by atoms with Gasteiger partial charge in [-0.2, -0.15) is 0 Å². The number of hydrogen-bond acceptors (Lipinski definition) is 1. The van der Waals surface area contributed by atoms with Crippen LogP contribution in [0.15, 0.2) is 0 Å². The van der Waals surface area contributed by atoms with Gasteiger partial charge in [0, 0.05) is 0 Å². The fourth-order valence-electron chi connectivity index (χ4n) is 0.283. The molecule has 0 aromatic heterocycles. The molecule has 0 bridgehead atoms. The van der Waals surface area contributed by atoms with Crippen molar-refractivity contribution in [3.05, 3.63) is 0 Å². The Morgan fingerprint density at radius 3 is 1.64 bits per heavy atom. The molecule has 7 heteroatoms. The monoisotopic (exact) mass is 236 g/mol. The first-order valence-electron chi connectivity index (χ1n) is 2.91. The van der Waals surface area contributed by atoms with Crippen LogP contribution in [0.3, 0.4) is 0 Å². The molecule has 2 amide bonds. The number of amides is 2. The van der Waals surface area contributed by atoms with E-state index in [1.165, 1.54) is 0 Å². The molecule has 0 aliphatic rings. The lowest BCUT2D eigenvalue weighted by Gasteiger charge is -2.01. The molecule has 68 valence electrons. The van der Waals surface area contributed by atoms with Gasteiger partial charge in [-0.15, -0.1) is 33.2 Å². The fourth-order valence-corrected chi connectivity index (χ4v) is 2.55. The highest BCUT2D eigenvalue weighted by Gasteiger charge is 2.22. The number of primary amides is 2. The summed E-state index contributed by atoms with van der Waals surface area (Å²) in [5.74, 6) is 0. The third-order valence-electron chi connectivity index (χ3n) is 0.533. The lowest BCUT2D eigenvalue weighted by Crippen LogP contribution is -2.18. The van der Waals surface area contributed by atoms with Crippen LogP contribution < -0.4 is 11.5 Å². The normalized spacial score (nSPS) is 9.82. The first-order valence-corrected chi connectivity index (χ1v) is 8.15. The zero-order chi connectivity index (χ0) is 9.49. The first-order chi connectivity index (χ1) is 4.79. The molecule has 0 unspecified atom stereocenters. The van der Waals surface area contributed by atoms with Gasteiger partial charge in [0.2, 0.25) is 0 Å². The maximum atomic E-state index is 9.00. The molecule has 3 nitrogen and oxygen atoms in total. The largest absolute Gasteiger partial charge is 0.352 e. The van der Waals surface area contributed by atoms with Crippen molar-refractivity contribution in [1.29, 1.82) is 0 Å². The van der Waals surface area contributed by atoms with Crippen molar-refractivity contribution < 1.29 is 4.79 Å². The highest BCUT2D eigenvalue weighted by Crippen LogP contribution is 2.25. The van der Waals surface area contributed by atoms with Crippen molar-refractivity contribution in [2.45, 2.75) is 19.4 Å². The van der Waals surface area contributed by atoms with Gasteiger partial charge in [-0.1, -0.05) is 13.3 Å². The van der Waals surface area contributed by atoms with E-state index in [0.717, 1.165) is 12.5 Å². The van der Waals surface area contributed by atoms with E-state index < -0.39 is 12.0 Å². The molecule has 0 heterocycles. The van der Waals surface area contributed by atoms with Gasteiger partial charge in [0.25, 0.3) is 0 Å². The van der Waals surface area contributed by atoms with Gasteiger partial charge in [-0.3, -0.25) is 0 Å². The van der Waals surface area contributed by atoms with E-state index >= 15 is 0 Å². The van der Waals surface area contributed by atoms with E-state index in [9.17, 15) is 0 Å². The summed E-state index contributed by atoms with van der Waals surface area (Å²) in [5, 5.41) is 0. The summed E-state index contributed by atoms with van der Waals surface area (Å²) in [6, 6.07) is -2.30. The van der Waals surface area contributed by atoms with Crippen LogP contribution in [0.1, 0.15) is 13.3 Å². The summed E-state index contributed by atoms with van der Waals surface area (Å²) in [6.45, 7) is 2.01. The number of rotatable bonds is 2. The summed E-state index contributed by atoms with van der Waals surface area (Å²) in [7, 11) is 0. The van der Waals surface area contributed by atoms with Gasteiger partial charge in [-0.25, -0.2) is 4.79 Å². The van der Waals surface area contributed by atoms with Crippen LogP contribution in [0, 0.1) is 0 Å². The van der Waals surface area contributed by atoms with Gasteiger partial charge >= 0.3 is 12.0 Å². The molecule has 4 N–H and O–H groups in total. The van der Waals surface area contributed by atoms with Crippen molar-refractivity contribution in [2.24, 2.45) is 11.5 Å². The highest BCUT2D eigenvalue weighted by molar-refractivity contribution is 7.64. The van der Waals surface area contributed by atoms with Gasteiger partial charge < -0.3 is 11.5 Å². The Kier molecular flexibility index (Phi) is 8.89. The fraction of sp³-hybridized carbons (Fsp3) is 0.750. The number of hydrogen-bond donors (Lipinski definition) is 2. The first kappa shape index (κ1) is 13.9. The maximum Gasteiger partial charge on any atom is 0.341 e. The average molecular weight is 238 g/mol. The smallest absolute Gasteiger partial charge is 0.341 e. The zero-order valence-electron chi connectivity index (χ0n) is 6.11. The lowest BCUT2D eigenvalue weighted by molar-refractivity contribution is 0.256. The summed E-state index contributed by atoms with van der Waals surface area (Å²) in [6.07, 6.45) is 0.975. The maximum absolute atomic E-state index is 9.00. The second-order valence-corrected chi connectivity index (χ2v) is 11.0. The third-order valence-corrected chi connectivity index (χ3v) is 3.30. The van der Waals surface area contributed by atoms with Crippen LogP contribution >= 0.6 is 33.2 Å². The third kappa shape index (κ3) is 38.1. The second kappa shape index (κ2) is 7.03. The van der Waals surface area contributed by atoms with Crippen LogP contribution in [0.5, 0.6) is 0 Å². The minimum atomic E-state index is -2.24. The van der Waals surface area contributed by atoms with E-state index in [-0.39, 0.29) is 0 Å². The molecule has 0 atom stereocenters. The minimum absolute atomic E-state index is 0.775. The van der Waals surface area contributed by atoms with E-state index in [0.29, 0.717) is 0 Å². The van der Waals surface area contributed by atoms with Crippen molar-refractivity contribution in [2.75, 3.05) is 0 Å². The summed E-state index contributed by atoms with van der Waals surface area (Å²) >= 11 is 16.5.